The average molecular weight is 416 g/mol. The number of aryl methyl sites for hydroxylation is 1. The molecule has 0 radical (unpaired) electrons. The van der Waals surface area contributed by atoms with Crippen LogP contribution in [0, 0.1) is 5.82 Å². The topological polar surface area (TPSA) is 83.6 Å². The molecule has 9 heteroatoms. The van der Waals surface area contributed by atoms with Gasteiger partial charge in [0.15, 0.2) is 0 Å². The third-order valence-electron chi connectivity index (χ3n) is 4.06. The third-order valence-corrected chi connectivity index (χ3v) is 5.15. The zero-order chi connectivity index (χ0) is 19.5. The lowest BCUT2D eigenvalue weighted by Crippen LogP contribution is -2.12. The van der Waals surface area contributed by atoms with E-state index in [-0.39, 0.29) is 18.1 Å². The molecule has 0 fully saturated rings. The summed E-state index contributed by atoms with van der Waals surface area (Å²) < 4.78 is 13.2. The van der Waals surface area contributed by atoms with Crippen LogP contribution >= 0.6 is 22.9 Å². The fourth-order valence-corrected chi connectivity index (χ4v) is 3.64. The zero-order valence-electron chi connectivity index (χ0n) is 14.6. The number of aromatic nitrogens is 4. The number of carbonyl (C=O) groups is 1. The SMILES string of the molecule is O=C(CCc1nc2ccc(F)cc2[nH]1)Nc1nnc(Cc2ccc(Cl)cc2)s1. The largest absolute Gasteiger partial charge is 0.342 e. The summed E-state index contributed by atoms with van der Waals surface area (Å²) in [6, 6.07) is 11.9. The van der Waals surface area contributed by atoms with Crippen LogP contribution < -0.4 is 5.32 Å². The maximum Gasteiger partial charge on any atom is 0.226 e. The van der Waals surface area contributed by atoms with Crippen LogP contribution in [-0.4, -0.2) is 26.1 Å². The maximum atomic E-state index is 13.2. The molecule has 28 heavy (non-hydrogen) atoms. The van der Waals surface area contributed by atoms with Crippen molar-refractivity contribution in [3.8, 4) is 0 Å². The molecule has 0 unspecified atom stereocenters. The molecule has 1 amide bonds. The summed E-state index contributed by atoms with van der Waals surface area (Å²) in [7, 11) is 0. The smallest absolute Gasteiger partial charge is 0.226 e. The molecular weight excluding hydrogens is 401 g/mol. The van der Waals surface area contributed by atoms with E-state index in [9.17, 15) is 9.18 Å². The molecule has 6 nitrogen and oxygen atoms in total. The number of hydrogen-bond acceptors (Lipinski definition) is 5. The molecule has 142 valence electrons. The summed E-state index contributed by atoms with van der Waals surface area (Å²) in [4.78, 5) is 19.5. The fraction of sp³-hybridized carbons (Fsp3) is 0.158. The Bertz CT molecular complexity index is 1130. The van der Waals surface area contributed by atoms with Crippen molar-refractivity contribution >= 4 is 45.0 Å². The van der Waals surface area contributed by atoms with Gasteiger partial charge in [0.05, 0.1) is 11.0 Å². The highest BCUT2D eigenvalue weighted by Crippen LogP contribution is 2.20. The predicted molar refractivity (Wildman–Crippen MR) is 107 cm³/mol. The van der Waals surface area contributed by atoms with Crippen molar-refractivity contribution < 1.29 is 9.18 Å². The first-order chi connectivity index (χ1) is 13.5. The van der Waals surface area contributed by atoms with Crippen LogP contribution in [0.15, 0.2) is 42.5 Å². The van der Waals surface area contributed by atoms with E-state index in [1.165, 1.54) is 23.5 Å². The molecular formula is C19H15ClFN5OS. The number of imidazole rings is 1. The van der Waals surface area contributed by atoms with E-state index in [0.29, 0.717) is 39.9 Å². The van der Waals surface area contributed by atoms with Gasteiger partial charge in [0.2, 0.25) is 11.0 Å². The molecule has 2 heterocycles. The van der Waals surface area contributed by atoms with Gasteiger partial charge >= 0.3 is 0 Å². The van der Waals surface area contributed by atoms with E-state index in [1.807, 2.05) is 24.3 Å². The Morgan fingerprint density at radius 2 is 2.00 bits per heavy atom. The lowest BCUT2D eigenvalue weighted by molar-refractivity contribution is -0.116. The monoisotopic (exact) mass is 415 g/mol. The maximum absolute atomic E-state index is 13.2. The van der Waals surface area contributed by atoms with Crippen LogP contribution in [0.25, 0.3) is 11.0 Å². The summed E-state index contributed by atoms with van der Waals surface area (Å²) in [6.45, 7) is 0. The second-order valence-corrected chi connectivity index (χ2v) is 7.70. The second kappa shape index (κ2) is 8.04. The first kappa shape index (κ1) is 18.5. The van der Waals surface area contributed by atoms with E-state index >= 15 is 0 Å². The minimum atomic E-state index is -0.328. The van der Waals surface area contributed by atoms with E-state index in [4.69, 9.17) is 11.6 Å². The third kappa shape index (κ3) is 4.52. The minimum Gasteiger partial charge on any atom is -0.342 e. The fourth-order valence-electron chi connectivity index (χ4n) is 2.72. The normalized spacial score (nSPS) is 11.1. The lowest BCUT2D eigenvalue weighted by atomic mass is 10.2. The first-order valence-corrected chi connectivity index (χ1v) is 9.75. The second-order valence-electron chi connectivity index (χ2n) is 6.20. The number of nitrogens with zero attached hydrogens (tertiary/aromatic N) is 3. The number of fused-ring (bicyclic) bond motifs is 1. The Kier molecular flexibility index (Phi) is 5.31. The van der Waals surface area contributed by atoms with E-state index in [2.05, 4.69) is 25.5 Å². The molecule has 2 aromatic carbocycles. The van der Waals surface area contributed by atoms with Crippen LogP contribution in [0.2, 0.25) is 5.02 Å². The van der Waals surface area contributed by atoms with Gasteiger partial charge in [0.25, 0.3) is 0 Å². The van der Waals surface area contributed by atoms with Gasteiger partial charge in [-0.25, -0.2) is 9.37 Å². The molecule has 0 atom stereocenters. The lowest BCUT2D eigenvalue weighted by Gasteiger charge is -1.99. The van der Waals surface area contributed by atoms with Crippen molar-refractivity contribution in [2.45, 2.75) is 19.3 Å². The summed E-state index contributed by atoms with van der Waals surface area (Å²) in [5.74, 6) is 0.128. The van der Waals surface area contributed by atoms with Crippen LogP contribution in [0.1, 0.15) is 22.8 Å². The highest BCUT2D eigenvalue weighted by atomic mass is 35.5. The molecule has 4 aromatic rings. The molecule has 0 spiro atoms. The number of benzene rings is 2. The number of carbonyl (C=O) groups excluding carboxylic acids is 1. The van der Waals surface area contributed by atoms with Gasteiger partial charge in [-0.15, -0.1) is 10.2 Å². The number of hydrogen-bond donors (Lipinski definition) is 2. The Morgan fingerprint density at radius 3 is 2.82 bits per heavy atom. The van der Waals surface area contributed by atoms with Crippen LogP contribution in [-0.2, 0) is 17.6 Å². The van der Waals surface area contributed by atoms with E-state index in [0.717, 1.165) is 10.6 Å². The quantitative estimate of drug-likeness (QED) is 0.489. The van der Waals surface area contributed by atoms with Gasteiger partial charge in [0.1, 0.15) is 16.6 Å². The number of aromatic amines is 1. The van der Waals surface area contributed by atoms with Crippen LogP contribution in [0.4, 0.5) is 9.52 Å². The van der Waals surface area contributed by atoms with E-state index in [1.54, 1.807) is 6.07 Å². The number of halogens is 2. The standard InChI is InChI=1S/C19H15ClFN5OS/c20-12-3-1-11(2-4-12)9-18-25-26-19(28-18)24-17(27)8-7-16-22-14-6-5-13(21)10-15(14)23-16/h1-6,10H,7-9H2,(H,22,23)(H,24,26,27). The van der Waals surface area contributed by atoms with Crippen molar-refractivity contribution in [3.05, 3.63) is 69.7 Å². The summed E-state index contributed by atoms with van der Waals surface area (Å²) in [5.41, 5.74) is 2.36. The number of anilines is 1. The zero-order valence-corrected chi connectivity index (χ0v) is 16.1. The molecule has 4 rings (SSSR count). The number of H-pyrrole nitrogens is 1. The van der Waals surface area contributed by atoms with E-state index < -0.39 is 0 Å². The highest BCUT2D eigenvalue weighted by Gasteiger charge is 2.11. The predicted octanol–water partition coefficient (Wildman–Crippen LogP) is 4.37. The number of nitrogens with one attached hydrogen (secondary N) is 2. The van der Waals surface area contributed by atoms with Crippen LogP contribution in [0.3, 0.4) is 0 Å². The van der Waals surface area contributed by atoms with Crippen molar-refractivity contribution in [1.29, 1.82) is 0 Å². The molecule has 2 aromatic heterocycles. The van der Waals surface area contributed by atoms with Crippen molar-refractivity contribution in [3.63, 3.8) is 0 Å². The molecule has 0 aliphatic carbocycles. The van der Waals surface area contributed by atoms with Gasteiger partial charge in [-0.3, -0.25) is 4.79 Å². The first-order valence-electron chi connectivity index (χ1n) is 8.56. The Morgan fingerprint density at radius 1 is 1.18 bits per heavy atom. The highest BCUT2D eigenvalue weighted by molar-refractivity contribution is 7.15. The Hall–Kier alpha value is -2.84. The molecule has 0 saturated carbocycles. The van der Waals surface area contributed by atoms with Crippen molar-refractivity contribution in [2.24, 2.45) is 0 Å². The van der Waals surface area contributed by atoms with Crippen molar-refractivity contribution in [2.75, 3.05) is 5.32 Å². The summed E-state index contributed by atoms with van der Waals surface area (Å²) in [5, 5.41) is 12.8. The summed E-state index contributed by atoms with van der Waals surface area (Å²) in [6.07, 6.45) is 1.27. The Balaban J connectivity index is 1.32. The Labute approximate surface area is 168 Å². The van der Waals surface area contributed by atoms with Crippen molar-refractivity contribution in [1.82, 2.24) is 20.2 Å². The van der Waals surface area contributed by atoms with Crippen LogP contribution in [0.5, 0.6) is 0 Å². The molecule has 2 N–H and O–H groups in total. The molecule has 0 aliphatic heterocycles. The molecule has 0 aliphatic rings. The summed E-state index contributed by atoms with van der Waals surface area (Å²) >= 11 is 7.22. The van der Waals surface area contributed by atoms with Gasteiger partial charge in [-0.1, -0.05) is 35.1 Å². The minimum absolute atomic E-state index is 0.180. The van der Waals surface area contributed by atoms with Gasteiger partial charge in [-0.2, -0.15) is 0 Å². The molecule has 0 saturated heterocycles. The average Bonchev–Trinajstić information content (AvgIpc) is 3.28. The van der Waals surface area contributed by atoms with Gasteiger partial charge in [-0.05, 0) is 35.9 Å². The van der Waals surface area contributed by atoms with Gasteiger partial charge < -0.3 is 10.3 Å². The molecule has 0 bridgehead atoms. The number of amides is 1. The van der Waals surface area contributed by atoms with Gasteiger partial charge in [0, 0.05) is 24.3 Å². The number of rotatable bonds is 6.